The van der Waals surface area contributed by atoms with Gasteiger partial charge in [0.25, 0.3) is 0 Å². The minimum Gasteiger partial charge on any atom is -0.309 e. The van der Waals surface area contributed by atoms with Crippen LogP contribution in [0, 0.1) is 0 Å². The van der Waals surface area contributed by atoms with Crippen molar-refractivity contribution in [3.8, 4) is 33.6 Å². The molecular formula is C54H34N2. The van der Waals surface area contributed by atoms with Crippen LogP contribution in [0.3, 0.4) is 0 Å². The van der Waals surface area contributed by atoms with E-state index in [1.807, 2.05) is 0 Å². The van der Waals surface area contributed by atoms with Crippen molar-refractivity contribution >= 4 is 75.9 Å². The van der Waals surface area contributed by atoms with Crippen LogP contribution in [0.25, 0.3) is 110 Å². The minimum atomic E-state index is 1.17. The molecule has 0 aliphatic carbocycles. The lowest BCUT2D eigenvalue weighted by Crippen LogP contribution is -1.93. The van der Waals surface area contributed by atoms with Gasteiger partial charge in [-0.1, -0.05) is 133 Å². The molecule has 0 amide bonds. The standard InChI is InChI=1S/C54H34N2/c1-3-15-37(16-4-1)55-51-25-13-11-23-43(51)49-31-35(27-29-53(49)55)45-33-47-42-22-10-8-20-40(42)46(34-48(47)41-21-9-7-19-39(41)45)36-28-30-54-50(32-36)44-24-12-14-26-52(44)56(54)38-17-5-2-6-18-38/h1-34H. The van der Waals surface area contributed by atoms with Gasteiger partial charge in [-0.15, -0.1) is 0 Å². The molecule has 2 heterocycles. The predicted molar refractivity (Wildman–Crippen MR) is 239 cm³/mol. The Kier molecular flexibility index (Phi) is 6.66. The zero-order valence-corrected chi connectivity index (χ0v) is 30.5. The molecule has 2 aromatic heterocycles. The highest BCUT2D eigenvalue weighted by Gasteiger charge is 2.19. The first-order valence-electron chi connectivity index (χ1n) is 19.4. The van der Waals surface area contributed by atoms with Crippen LogP contribution in [0.1, 0.15) is 0 Å². The first-order chi connectivity index (χ1) is 27.8. The Labute approximate surface area is 323 Å². The molecule has 0 N–H and O–H groups in total. The quantitative estimate of drug-likeness (QED) is 0.161. The zero-order chi connectivity index (χ0) is 36.7. The number of nitrogens with zero attached hydrogens (tertiary/aromatic N) is 2. The van der Waals surface area contributed by atoms with Crippen LogP contribution in [0.15, 0.2) is 206 Å². The summed E-state index contributed by atoms with van der Waals surface area (Å²) >= 11 is 0. The molecule has 0 saturated heterocycles. The molecule has 0 saturated carbocycles. The number of hydrogen-bond acceptors (Lipinski definition) is 0. The molecule has 0 aliphatic rings. The molecule has 12 aromatic rings. The molecule has 0 atom stereocenters. The molecule has 0 spiro atoms. The van der Waals surface area contributed by atoms with Gasteiger partial charge >= 0.3 is 0 Å². The van der Waals surface area contributed by atoms with Crippen LogP contribution in [-0.2, 0) is 0 Å². The minimum absolute atomic E-state index is 1.17. The number of aromatic nitrogens is 2. The van der Waals surface area contributed by atoms with Gasteiger partial charge in [0.15, 0.2) is 0 Å². The zero-order valence-electron chi connectivity index (χ0n) is 30.5. The van der Waals surface area contributed by atoms with Crippen molar-refractivity contribution in [1.82, 2.24) is 9.13 Å². The van der Waals surface area contributed by atoms with Crippen molar-refractivity contribution < 1.29 is 0 Å². The summed E-state index contributed by atoms with van der Waals surface area (Å²) < 4.78 is 4.78. The molecule has 0 radical (unpaired) electrons. The van der Waals surface area contributed by atoms with E-state index in [2.05, 4.69) is 215 Å². The van der Waals surface area contributed by atoms with E-state index < -0.39 is 0 Å². The summed E-state index contributed by atoms with van der Waals surface area (Å²) in [4.78, 5) is 0. The second kappa shape index (κ2) is 12.0. The fourth-order valence-electron chi connectivity index (χ4n) is 9.42. The summed E-state index contributed by atoms with van der Waals surface area (Å²) in [5, 5.41) is 12.6. The number of rotatable bonds is 4. The molecule has 0 fully saturated rings. The molecule has 260 valence electrons. The Hall–Kier alpha value is -7.42. The van der Waals surface area contributed by atoms with E-state index in [4.69, 9.17) is 0 Å². The smallest absolute Gasteiger partial charge is 0.0541 e. The van der Waals surface area contributed by atoms with E-state index in [-0.39, 0.29) is 0 Å². The summed E-state index contributed by atoms with van der Waals surface area (Å²) in [5.74, 6) is 0. The SMILES string of the molecule is c1ccc(-n2c3ccccc3c3cc(-c4cc5c6ccccc6c(-c6ccc7c(c6)c6ccccc6n7-c6ccccc6)cc5c5ccccc45)ccc32)cc1. The molecule has 10 aromatic carbocycles. The van der Waals surface area contributed by atoms with Crippen molar-refractivity contribution in [3.63, 3.8) is 0 Å². The third-order valence-corrected chi connectivity index (χ3v) is 11.9. The maximum atomic E-state index is 2.44. The van der Waals surface area contributed by atoms with Gasteiger partial charge in [-0.05, 0) is 127 Å². The number of benzene rings is 10. The monoisotopic (exact) mass is 710 g/mol. The van der Waals surface area contributed by atoms with Crippen LogP contribution in [-0.4, -0.2) is 9.13 Å². The Balaban J connectivity index is 1.10. The van der Waals surface area contributed by atoms with E-state index >= 15 is 0 Å². The van der Waals surface area contributed by atoms with Gasteiger partial charge in [-0.25, -0.2) is 0 Å². The highest BCUT2D eigenvalue weighted by molar-refractivity contribution is 6.24. The molecule has 2 nitrogen and oxygen atoms in total. The van der Waals surface area contributed by atoms with E-state index in [0.29, 0.717) is 0 Å². The summed E-state index contributed by atoms with van der Waals surface area (Å²) in [6.45, 7) is 0. The number of para-hydroxylation sites is 4. The van der Waals surface area contributed by atoms with Crippen molar-refractivity contribution in [2.75, 3.05) is 0 Å². The van der Waals surface area contributed by atoms with Crippen LogP contribution in [0.4, 0.5) is 0 Å². The predicted octanol–water partition coefficient (Wildman–Crippen LogP) is 14.7. The number of hydrogen-bond donors (Lipinski definition) is 0. The van der Waals surface area contributed by atoms with Gasteiger partial charge in [0.05, 0.1) is 22.1 Å². The average Bonchev–Trinajstić information content (AvgIpc) is 3.78. The normalized spacial score (nSPS) is 11.9. The molecular weight excluding hydrogens is 677 g/mol. The summed E-state index contributed by atoms with van der Waals surface area (Å²) in [7, 11) is 0. The maximum absolute atomic E-state index is 2.44. The van der Waals surface area contributed by atoms with Crippen molar-refractivity contribution in [2.45, 2.75) is 0 Å². The Morgan fingerprint density at radius 3 is 0.982 bits per heavy atom. The highest BCUT2D eigenvalue weighted by Crippen LogP contribution is 2.44. The fourth-order valence-corrected chi connectivity index (χ4v) is 9.42. The van der Waals surface area contributed by atoms with Crippen LogP contribution < -0.4 is 0 Å². The summed E-state index contributed by atoms with van der Waals surface area (Å²) in [6.07, 6.45) is 0. The maximum Gasteiger partial charge on any atom is 0.0541 e. The van der Waals surface area contributed by atoms with E-state index in [9.17, 15) is 0 Å². The van der Waals surface area contributed by atoms with Crippen molar-refractivity contribution in [3.05, 3.63) is 206 Å². The topological polar surface area (TPSA) is 9.86 Å². The van der Waals surface area contributed by atoms with E-state index in [1.54, 1.807) is 0 Å². The first kappa shape index (κ1) is 31.0. The van der Waals surface area contributed by atoms with E-state index in [0.717, 1.165) is 0 Å². The second-order valence-corrected chi connectivity index (χ2v) is 14.9. The van der Waals surface area contributed by atoms with Gasteiger partial charge in [0, 0.05) is 32.9 Å². The Morgan fingerprint density at radius 2 is 0.554 bits per heavy atom. The van der Waals surface area contributed by atoms with Crippen molar-refractivity contribution in [1.29, 1.82) is 0 Å². The van der Waals surface area contributed by atoms with E-state index in [1.165, 1.54) is 110 Å². The summed E-state index contributed by atoms with van der Waals surface area (Å²) in [5.41, 5.74) is 12.2. The molecule has 0 aliphatic heterocycles. The van der Waals surface area contributed by atoms with Gasteiger partial charge in [0.2, 0.25) is 0 Å². The second-order valence-electron chi connectivity index (χ2n) is 14.9. The van der Waals surface area contributed by atoms with Gasteiger partial charge in [0.1, 0.15) is 0 Å². The first-order valence-corrected chi connectivity index (χ1v) is 19.4. The van der Waals surface area contributed by atoms with Gasteiger partial charge in [-0.2, -0.15) is 0 Å². The lowest BCUT2D eigenvalue weighted by atomic mass is 9.87. The molecule has 56 heavy (non-hydrogen) atoms. The van der Waals surface area contributed by atoms with Crippen LogP contribution >= 0.6 is 0 Å². The largest absolute Gasteiger partial charge is 0.309 e. The lowest BCUT2D eigenvalue weighted by molar-refractivity contribution is 1.18. The van der Waals surface area contributed by atoms with Gasteiger partial charge < -0.3 is 9.13 Å². The van der Waals surface area contributed by atoms with Crippen LogP contribution in [0.2, 0.25) is 0 Å². The van der Waals surface area contributed by atoms with Crippen molar-refractivity contribution in [2.24, 2.45) is 0 Å². The third-order valence-electron chi connectivity index (χ3n) is 11.9. The Bertz CT molecular complexity index is 3280. The number of fused-ring (bicyclic) bond motifs is 11. The highest BCUT2D eigenvalue weighted by atomic mass is 15.0. The molecule has 0 bridgehead atoms. The summed E-state index contributed by atoms with van der Waals surface area (Å²) in [6, 6.07) is 75.8. The Morgan fingerprint density at radius 1 is 0.214 bits per heavy atom. The molecule has 0 unspecified atom stereocenters. The lowest BCUT2D eigenvalue weighted by Gasteiger charge is -2.16. The van der Waals surface area contributed by atoms with Gasteiger partial charge in [-0.3, -0.25) is 0 Å². The molecule has 2 heteroatoms. The third kappa shape index (κ3) is 4.50. The van der Waals surface area contributed by atoms with Crippen LogP contribution in [0.5, 0.6) is 0 Å². The average molecular weight is 711 g/mol. The fraction of sp³-hybridized carbons (Fsp3) is 0. The molecule has 12 rings (SSSR count).